The van der Waals surface area contributed by atoms with Gasteiger partial charge < -0.3 is 15.2 Å². The van der Waals surface area contributed by atoms with E-state index in [4.69, 9.17) is 9.84 Å². The van der Waals surface area contributed by atoms with E-state index in [2.05, 4.69) is 15.8 Å². The molecule has 22 heavy (non-hydrogen) atoms. The van der Waals surface area contributed by atoms with Crippen molar-refractivity contribution in [3.05, 3.63) is 29.3 Å². The monoisotopic (exact) mass is 317 g/mol. The van der Waals surface area contributed by atoms with Crippen LogP contribution in [-0.4, -0.2) is 36.1 Å². The summed E-state index contributed by atoms with van der Waals surface area (Å²) in [5.41, 5.74) is 1.37. The number of alkyl halides is 3. The number of aliphatic hydroxyl groups is 1. The van der Waals surface area contributed by atoms with Crippen molar-refractivity contribution in [2.75, 3.05) is 13.2 Å². The molecule has 0 saturated carbocycles. The highest BCUT2D eigenvalue weighted by Crippen LogP contribution is 2.37. The van der Waals surface area contributed by atoms with Crippen molar-refractivity contribution in [1.82, 2.24) is 10.7 Å². The van der Waals surface area contributed by atoms with Crippen LogP contribution in [0.5, 0.6) is 5.75 Å². The molecule has 2 rings (SSSR count). The molecule has 0 aliphatic carbocycles. The number of amides is 1. The van der Waals surface area contributed by atoms with Crippen molar-refractivity contribution in [2.24, 2.45) is 5.10 Å². The maximum Gasteiger partial charge on any atom is 0.419 e. The molecule has 0 spiro atoms. The van der Waals surface area contributed by atoms with Crippen LogP contribution >= 0.6 is 0 Å². The van der Waals surface area contributed by atoms with E-state index in [1.54, 1.807) is 0 Å². The van der Waals surface area contributed by atoms with E-state index in [0.717, 1.165) is 12.1 Å². The van der Waals surface area contributed by atoms with Gasteiger partial charge in [0.05, 0.1) is 18.2 Å². The average Bonchev–Trinajstić information content (AvgIpc) is 2.45. The van der Waals surface area contributed by atoms with Crippen LogP contribution in [0.2, 0.25) is 0 Å². The van der Waals surface area contributed by atoms with Crippen molar-refractivity contribution < 1.29 is 27.8 Å². The highest BCUT2D eigenvalue weighted by atomic mass is 19.4. The number of ether oxygens (including phenoxy) is 1. The van der Waals surface area contributed by atoms with Crippen LogP contribution < -0.4 is 15.5 Å². The fourth-order valence-corrected chi connectivity index (χ4v) is 1.76. The molecule has 1 heterocycles. The Balaban J connectivity index is 2.33. The Morgan fingerprint density at radius 1 is 1.45 bits per heavy atom. The van der Waals surface area contributed by atoms with E-state index in [0.29, 0.717) is 0 Å². The first-order valence-electron chi connectivity index (χ1n) is 6.40. The number of nitrogens with one attached hydrogen (secondary N) is 2. The van der Waals surface area contributed by atoms with Crippen LogP contribution in [0.25, 0.3) is 0 Å². The van der Waals surface area contributed by atoms with Gasteiger partial charge in [-0.1, -0.05) is 0 Å². The lowest BCUT2D eigenvalue weighted by atomic mass is 10.1. The molecule has 1 atom stereocenters. The van der Waals surface area contributed by atoms with Gasteiger partial charge in [-0.05, 0) is 25.1 Å². The Morgan fingerprint density at radius 3 is 2.73 bits per heavy atom. The van der Waals surface area contributed by atoms with Gasteiger partial charge in [-0.3, -0.25) is 4.79 Å². The molecule has 0 radical (unpaired) electrons. The number of nitrogens with zero attached hydrogens (tertiary/aromatic N) is 1. The molecule has 1 aromatic carbocycles. The molecule has 1 aliphatic rings. The number of hydrazone groups is 1. The van der Waals surface area contributed by atoms with Gasteiger partial charge in [0, 0.05) is 5.56 Å². The van der Waals surface area contributed by atoms with Crippen LogP contribution in [0.1, 0.15) is 18.1 Å². The van der Waals surface area contributed by atoms with Crippen LogP contribution in [-0.2, 0) is 11.0 Å². The van der Waals surface area contributed by atoms with Crippen molar-refractivity contribution in [3.8, 4) is 5.75 Å². The molecule has 0 saturated heterocycles. The van der Waals surface area contributed by atoms with E-state index in [1.807, 2.05) is 0 Å². The van der Waals surface area contributed by atoms with Gasteiger partial charge in [-0.25, -0.2) is 5.43 Å². The quantitative estimate of drug-likeness (QED) is 0.769. The molecule has 0 aromatic heterocycles. The zero-order chi connectivity index (χ0) is 16.3. The molecule has 1 aliphatic heterocycles. The molecular formula is C13H14F3N3O3. The van der Waals surface area contributed by atoms with Crippen molar-refractivity contribution in [1.29, 1.82) is 0 Å². The number of amidine groups is 1. The van der Waals surface area contributed by atoms with Crippen molar-refractivity contribution in [3.63, 3.8) is 0 Å². The number of rotatable bonds is 4. The third-order valence-electron chi connectivity index (χ3n) is 2.75. The summed E-state index contributed by atoms with van der Waals surface area (Å²) in [5, 5.41) is 15.4. The normalized spacial score (nSPS) is 16.4. The SMILES string of the molecule is CC(O)COc1ccc(C2=NNC(=O)CN2)cc1C(F)(F)F. The second-order valence-corrected chi connectivity index (χ2v) is 4.72. The van der Waals surface area contributed by atoms with E-state index in [9.17, 15) is 18.0 Å². The van der Waals surface area contributed by atoms with Crippen LogP contribution in [0, 0.1) is 0 Å². The van der Waals surface area contributed by atoms with Gasteiger partial charge in [0.15, 0.2) is 5.84 Å². The summed E-state index contributed by atoms with van der Waals surface area (Å²) >= 11 is 0. The summed E-state index contributed by atoms with van der Waals surface area (Å²) in [4.78, 5) is 11.0. The Bertz CT molecular complexity index is 600. The summed E-state index contributed by atoms with van der Waals surface area (Å²) in [5.74, 6) is -0.624. The Kier molecular flexibility index (Phi) is 4.55. The van der Waals surface area contributed by atoms with Gasteiger partial charge in [-0.15, -0.1) is 0 Å². The number of carbonyl (C=O) groups is 1. The topological polar surface area (TPSA) is 83.0 Å². The van der Waals surface area contributed by atoms with E-state index in [-0.39, 0.29) is 36.2 Å². The summed E-state index contributed by atoms with van der Waals surface area (Å²) in [6, 6.07) is 3.41. The van der Waals surface area contributed by atoms with E-state index in [1.165, 1.54) is 13.0 Å². The third kappa shape index (κ3) is 3.88. The Morgan fingerprint density at radius 2 is 2.18 bits per heavy atom. The number of hydrogen-bond donors (Lipinski definition) is 3. The fraction of sp³-hybridized carbons (Fsp3) is 0.385. The lowest BCUT2D eigenvalue weighted by Gasteiger charge is -2.18. The highest BCUT2D eigenvalue weighted by Gasteiger charge is 2.35. The summed E-state index contributed by atoms with van der Waals surface area (Å²) in [7, 11) is 0. The van der Waals surface area contributed by atoms with Gasteiger partial charge in [0.1, 0.15) is 12.4 Å². The lowest BCUT2D eigenvalue weighted by molar-refractivity contribution is -0.139. The molecule has 3 N–H and O–H groups in total. The first-order valence-corrected chi connectivity index (χ1v) is 6.40. The lowest BCUT2D eigenvalue weighted by Crippen LogP contribution is -2.42. The summed E-state index contributed by atoms with van der Waals surface area (Å²) < 4.78 is 44.3. The molecule has 9 heteroatoms. The largest absolute Gasteiger partial charge is 0.490 e. The first kappa shape index (κ1) is 16.1. The molecule has 1 amide bonds. The zero-order valence-corrected chi connectivity index (χ0v) is 11.6. The maximum atomic E-state index is 13.1. The zero-order valence-electron chi connectivity index (χ0n) is 11.6. The smallest absolute Gasteiger partial charge is 0.419 e. The van der Waals surface area contributed by atoms with E-state index < -0.39 is 17.8 Å². The van der Waals surface area contributed by atoms with Gasteiger partial charge in [-0.2, -0.15) is 18.3 Å². The molecule has 6 nitrogen and oxygen atoms in total. The van der Waals surface area contributed by atoms with Crippen molar-refractivity contribution in [2.45, 2.75) is 19.2 Å². The number of aliphatic hydroxyl groups excluding tert-OH is 1. The van der Waals surface area contributed by atoms with Crippen molar-refractivity contribution >= 4 is 11.7 Å². The Labute approximate surface area is 124 Å². The molecule has 120 valence electrons. The predicted octanol–water partition coefficient (Wildman–Crippen LogP) is 0.846. The second-order valence-electron chi connectivity index (χ2n) is 4.72. The van der Waals surface area contributed by atoms with Gasteiger partial charge in [0.2, 0.25) is 0 Å². The van der Waals surface area contributed by atoms with Crippen LogP contribution in [0.4, 0.5) is 13.2 Å². The average molecular weight is 317 g/mol. The minimum Gasteiger partial charge on any atom is -0.490 e. The maximum absolute atomic E-state index is 13.1. The number of benzene rings is 1. The third-order valence-corrected chi connectivity index (χ3v) is 2.75. The number of carbonyl (C=O) groups excluding carboxylic acids is 1. The summed E-state index contributed by atoms with van der Waals surface area (Å²) in [6.45, 7) is 1.09. The number of hydrogen-bond acceptors (Lipinski definition) is 5. The second kappa shape index (κ2) is 6.22. The van der Waals surface area contributed by atoms with Gasteiger partial charge >= 0.3 is 6.18 Å². The summed E-state index contributed by atoms with van der Waals surface area (Å²) in [6.07, 6.45) is -5.51. The standard InChI is InChI=1S/C13H14F3N3O3/c1-7(20)6-22-10-3-2-8(4-9(10)13(14,15)16)12-17-5-11(21)18-19-12/h2-4,7,20H,5-6H2,1H3,(H,17,19)(H,18,21). The fourth-order valence-electron chi connectivity index (χ4n) is 1.76. The van der Waals surface area contributed by atoms with Crippen LogP contribution in [0.15, 0.2) is 23.3 Å². The van der Waals surface area contributed by atoms with Crippen LogP contribution in [0.3, 0.4) is 0 Å². The number of halogens is 3. The first-order chi connectivity index (χ1) is 10.3. The minimum atomic E-state index is -4.62. The molecular weight excluding hydrogens is 303 g/mol. The predicted molar refractivity (Wildman–Crippen MR) is 71.3 cm³/mol. The highest BCUT2D eigenvalue weighted by molar-refractivity contribution is 6.03. The minimum absolute atomic E-state index is 0.0690. The molecule has 1 aromatic rings. The van der Waals surface area contributed by atoms with Gasteiger partial charge in [0.25, 0.3) is 5.91 Å². The van der Waals surface area contributed by atoms with E-state index >= 15 is 0 Å². The molecule has 0 fully saturated rings. The molecule has 0 bridgehead atoms. The Hall–Kier alpha value is -2.29. The molecule has 1 unspecified atom stereocenters.